The Morgan fingerprint density at radius 1 is 1.00 bits per heavy atom. The molecular weight excluding hydrogens is 234 g/mol. The van der Waals surface area contributed by atoms with Gasteiger partial charge in [0.25, 0.3) is 0 Å². The molecule has 3 heteroatoms. The van der Waals surface area contributed by atoms with Gasteiger partial charge in [-0.3, -0.25) is 10.1 Å². The number of fused-ring (bicyclic) bond motifs is 3. The predicted octanol–water partition coefficient (Wildman–Crippen LogP) is 4.36. The van der Waals surface area contributed by atoms with E-state index in [1.165, 1.54) is 16.6 Å². The Labute approximate surface area is 113 Å². The molecule has 3 rings (SSSR count). The van der Waals surface area contributed by atoms with Crippen molar-refractivity contribution in [3.63, 3.8) is 0 Å². The zero-order valence-corrected chi connectivity index (χ0v) is 11.9. The first kappa shape index (κ1) is 12.2. The highest BCUT2D eigenvalue weighted by Crippen LogP contribution is 2.29. The number of pyridine rings is 1. The van der Waals surface area contributed by atoms with Crippen LogP contribution in [0.2, 0.25) is 0 Å². The summed E-state index contributed by atoms with van der Waals surface area (Å²) < 4.78 is 0. The van der Waals surface area contributed by atoms with E-state index < -0.39 is 0 Å². The second-order valence-corrected chi connectivity index (χ2v) is 5.74. The Bertz CT molecular complexity index is 738. The lowest BCUT2D eigenvalue weighted by molar-refractivity contribution is 0.818. The molecule has 1 aromatic carbocycles. The Hall–Kier alpha value is -1.90. The van der Waals surface area contributed by atoms with Crippen molar-refractivity contribution in [3.05, 3.63) is 35.7 Å². The number of nitrogens with zero attached hydrogens (tertiary/aromatic N) is 2. The highest BCUT2D eigenvalue weighted by Gasteiger charge is 2.12. The van der Waals surface area contributed by atoms with Crippen LogP contribution in [0.25, 0.3) is 21.8 Å². The molecule has 3 nitrogen and oxygen atoms in total. The molecule has 19 heavy (non-hydrogen) atoms. The maximum atomic E-state index is 4.55. The lowest BCUT2D eigenvalue weighted by Crippen LogP contribution is -1.90. The molecule has 0 spiro atoms. The molecule has 0 fully saturated rings. The molecule has 0 atom stereocenters. The van der Waals surface area contributed by atoms with E-state index in [0.717, 1.165) is 16.4 Å². The van der Waals surface area contributed by atoms with Crippen LogP contribution in [0.1, 0.15) is 50.8 Å². The van der Waals surface area contributed by atoms with Crippen LogP contribution in [0.5, 0.6) is 0 Å². The molecule has 0 unspecified atom stereocenters. The van der Waals surface area contributed by atoms with Crippen molar-refractivity contribution in [2.45, 2.75) is 39.5 Å². The third-order valence-corrected chi connectivity index (χ3v) is 3.68. The number of rotatable bonds is 2. The molecule has 0 bridgehead atoms. The molecule has 98 valence electrons. The standard InChI is InChI=1S/C16H19N3/c1-9(2)11-7-13-14(17-8-11)6-5-12-15(10(3)4)18-19-16(12)13/h5-10H,1-4H3,(H,18,19). The summed E-state index contributed by atoms with van der Waals surface area (Å²) in [6.07, 6.45) is 1.97. The van der Waals surface area contributed by atoms with Crippen LogP contribution >= 0.6 is 0 Å². The minimum Gasteiger partial charge on any atom is -0.281 e. The summed E-state index contributed by atoms with van der Waals surface area (Å²) in [5, 5.41) is 10.0. The first-order chi connectivity index (χ1) is 9.08. The molecule has 0 aliphatic rings. The summed E-state index contributed by atoms with van der Waals surface area (Å²) in [5.41, 5.74) is 4.51. The zero-order chi connectivity index (χ0) is 13.6. The fourth-order valence-electron chi connectivity index (χ4n) is 2.47. The lowest BCUT2D eigenvalue weighted by Gasteiger charge is -2.07. The van der Waals surface area contributed by atoms with Gasteiger partial charge in [0, 0.05) is 22.7 Å². The molecule has 0 saturated carbocycles. The minimum absolute atomic E-state index is 0.448. The molecule has 2 aromatic heterocycles. The highest BCUT2D eigenvalue weighted by molar-refractivity contribution is 6.04. The van der Waals surface area contributed by atoms with E-state index in [9.17, 15) is 0 Å². The molecule has 0 saturated heterocycles. The Kier molecular flexibility index (Phi) is 2.77. The van der Waals surface area contributed by atoms with Crippen molar-refractivity contribution in [2.24, 2.45) is 0 Å². The van der Waals surface area contributed by atoms with Gasteiger partial charge in [0.15, 0.2) is 0 Å². The number of benzene rings is 1. The topological polar surface area (TPSA) is 41.6 Å². The number of hydrogen-bond acceptors (Lipinski definition) is 2. The zero-order valence-electron chi connectivity index (χ0n) is 11.9. The smallest absolute Gasteiger partial charge is 0.102 e. The molecule has 0 radical (unpaired) electrons. The largest absolute Gasteiger partial charge is 0.281 e. The SMILES string of the molecule is CC(C)c1cnc2ccc3c(C(C)C)[nH]nc3c2c1. The van der Waals surface area contributed by atoms with Gasteiger partial charge < -0.3 is 0 Å². The van der Waals surface area contributed by atoms with Crippen LogP contribution < -0.4 is 0 Å². The molecule has 0 aliphatic carbocycles. The molecular formula is C16H19N3. The quantitative estimate of drug-likeness (QED) is 0.737. The van der Waals surface area contributed by atoms with Crippen LogP contribution in [-0.4, -0.2) is 15.2 Å². The van der Waals surface area contributed by atoms with Gasteiger partial charge in [0.1, 0.15) is 5.52 Å². The number of H-pyrrole nitrogens is 1. The molecule has 1 N–H and O–H groups in total. The van der Waals surface area contributed by atoms with Crippen LogP contribution in [0.15, 0.2) is 24.4 Å². The fraction of sp³-hybridized carbons (Fsp3) is 0.375. The lowest BCUT2D eigenvalue weighted by atomic mass is 10.0. The monoisotopic (exact) mass is 253 g/mol. The van der Waals surface area contributed by atoms with Gasteiger partial charge in [-0.1, -0.05) is 27.7 Å². The van der Waals surface area contributed by atoms with Crippen LogP contribution in [0.4, 0.5) is 0 Å². The first-order valence-corrected chi connectivity index (χ1v) is 6.84. The number of nitrogens with one attached hydrogen (secondary N) is 1. The van der Waals surface area contributed by atoms with Crippen LogP contribution in [0.3, 0.4) is 0 Å². The maximum absolute atomic E-state index is 4.55. The van der Waals surface area contributed by atoms with Gasteiger partial charge in [-0.25, -0.2) is 0 Å². The third-order valence-electron chi connectivity index (χ3n) is 3.68. The van der Waals surface area contributed by atoms with Crippen LogP contribution in [-0.2, 0) is 0 Å². The van der Waals surface area contributed by atoms with Gasteiger partial charge in [0.05, 0.1) is 5.52 Å². The van der Waals surface area contributed by atoms with Gasteiger partial charge >= 0.3 is 0 Å². The van der Waals surface area contributed by atoms with E-state index in [4.69, 9.17) is 0 Å². The normalized spacial score (nSPS) is 12.1. The summed E-state index contributed by atoms with van der Waals surface area (Å²) in [6, 6.07) is 6.43. The average Bonchev–Trinajstić information content (AvgIpc) is 2.82. The summed E-state index contributed by atoms with van der Waals surface area (Å²) in [7, 11) is 0. The Morgan fingerprint density at radius 3 is 2.47 bits per heavy atom. The molecule has 0 aliphatic heterocycles. The molecule has 3 aromatic rings. The van der Waals surface area contributed by atoms with Gasteiger partial charge in [0.2, 0.25) is 0 Å². The summed E-state index contributed by atoms with van der Waals surface area (Å²) in [4.78, 5) is 4.55. The second kappa shape index (κ2) is 4.34. The number of aromatic amines is 1. The van der Waals surface area contributed by atoms with Crippen molar-refractivity contribution in [2.75, 3.05) is 0 Å². The summed E-state index contributed by atoms with van der Waals surface area (Å²) in [5.74, 6) is 0.930. The predicted molar refractivity (Wildman–Crippen MR) is 79.6 cm³/mol. The van der Waals surface area contributed by atoms with E-state index in [0.29, 0.717) is 11.8 Å². The fourth-order valence-corrected chi connectivity index (χ4v) is 2.47. The molecule has 2 heterocycles. The van der Waals surface area contributed by atoms with Gasteiger partial charge in [-0.05, 0) is 35.6 Å². The van der Waals surface area contributed by atoms with Crippen LogP contribution in [0, 0.1) is 0 Å². The highest BCUT2D eigenvalue weighted by atomic mass is 15.1. The van der Waals surface area contributed by atoms with Crippen molar-refractivity contribution in [3.8, 4) is 0 Å². The van der Waals surface area contributed by atoms with E-state index in [2.05, 4.69) is 61.1 Å². The minimum atomic E-state index is 0.448. The average molecular weight is 253 g/mol. The van der Waals surface area contributed by atoms with Gasteiger partial charge in [-0.2, -0.15) is 5.10 Å². The summed E-state index contributed by atoms with van der Waals surface area (Å²) in [6.45, 7) is 8.74. The van der Waals surface area contributed by atoms with E-state index in [1.807, 2.05) is 6.20 Å². The van der Waals surface area contributed by atoms with Crippen molar-refractivity contribution < 1.29 is 0 Å². The van der Waals surface area contributed by atoms with Gasteiger partial charge in [-0.15, -0.1) is 0 Å². The van der Waals surface area contributed by atoms with E-state index in [-0.39, 0.29) is 0 Å². The van der Waals surface area contributed by atoms with Crippen molar-refractivity contribution >= 4 is 21.8 Å². The summed E-state index contributed by atoms with van der Waals surface area (Å²) >= 11 is 0. The Balaban J connectivity index is 2.35. The Morgan fingerprint density at radius 2 is 1.79 bits per heavy atom. The van der Waals surface area contributed by atoms with Crippen molar-refractivity contribution in [1.29, 1.82) is 0 Å². The molecule has 0 amide bonds. The van der Waals surface area contributed by atoms with E-state index >= 15 is 0 Å². The second-order valence-electron chi connectivity index (χ2n) is 5.74. The number of hydrogen-bond donors (Lipinski definition) is 1. The maximum Gasteiger partial charge on any atom is 0.102 e. The first-order valence-electron chi connectivity index (χ1n) is 6.84. The number of aromatic nitrogens is 3. The van der Waals surface area contributed by atoms with Crippen molar-refractivity contribution in [1.82, 2.24) is 15.2 Å². The van der Waals surface area contributed by atoms with E-state index in [1.54, 1.807) is 0 Å². The third kappa shape index (κ3) is 1.89.